The predicted molar refractivity (Wildman–Crippen MR) is 76.8 cm³/mol. The van der Waals surface area contributed by atoms with E-state index in [-0.39, 0.29) is 0 Å². The van der Waals surface area contributed by atoms with Crippen LogP contribution in [0.4, 0.5) is 0 Å². The summed E-state index contributed by atoms with van der Waals surface area (Å²) in [5, 5.41) is 8.10. The van der Waals surface area contributed by atoms with Gasteiger partial charge in [-0.3, -0.25) is 9.58 Å². The highest BCUT2D eigenvalue weighted by molar-refractivity contribution is 5.07. The monoisotopic (exact) mass is 262 g/mol. The zero-order valence-electron chi connectivity index (χ0n) is 12.4. The Morgan fingerprint density at radius 1 is 1.42 bits per heavy atom. The Balaban J connectivity index is 1.73. The molecule has 2 unspecified atom stereocenters. The largest absolute Gasteiger partial charge is 0.310 e. The molecular formula is C15H26N4. The second-order valence-corrected chi connectivity index (χ2v) is 6.68. The average molecular weight is 262 g/mol. The molecule has 19 heavy (non-hydrogen) atoms. The maximum atomic E-state index is 4.29. The van der Waals surface area contributed by atoms with Gasteiger partial charge < -0.3 is 5.32 Å². The van der Waals surface area contributed by atoms with E-state index in [1.54, 1.807) is 0 Å². The van der Waals surface area contributed by atoms with E-state index in [0.717, 1.165) is 25.6 Å². The fraction of sp³-hybridized carbons (Fsp3) is 0.800. The van der Waals surface area contributed by atoms with E-state index in [4.69, 9.17) is 0 Å². The molecule has 0 amide bonds. The van der Waals surface area contributed by atoms with Crippen molar-refractivity contribution in [3.05, 3.63) is 18.0 Å². The molecule has 2 aliphatic rings. The van der Waals surface area contributed by atoms with E-state index in [1.807, 2.05) is 17.9 Å². The Labute approximate surface area is 116 Å². The molecule has 4 heteroatoms. The van der Waals surface area contributed by atoms with Crippen LogP contribution >= 0.6 is 0 Å². The summed E-state index contributed by atoms with van der Waals surface area (Å²) in [6, 6.07) is 0.647. The Morgan fingerprint density at radius 3 is 2.84 bits per heavy atom. The smallest absolute Gasteiger partial charge is 0.0534 e. The molecule has 4 nitrogen and oxygen atoms in total. The lowest BCUT2D eigenvalue weighted by Gasteiger charge is -2.35. The van der Waals surface area contributed by atoms with Crippen LogP contribution in [0.25, 0.3) is 0 Å². The predicted octanol–water partition coefficient (Wildman–Crippen LogP) is 1.77. The summed E-state index contributed by atoms with van der Waals surface area (Å²) in [6.07, 6.45) is 8.18. The maximum Gasteiger partial charge on any atom is 0.0534 e. The van der Waals surface area contributed by atoms with E-state index in [2.05, 4.69) is 35.4 Å². The summed E-state index contributed by atoms with van der Waals surface area (Å²) in [5.74, 6) is 0.884. The molecule has 1 aliphatic carbocycles. The van der Waals surface area contributed by atoms with Gasteiger partial charge in [0.2, 0.25) is 0 Å². The van der Waals surface area contributed by atoms with Crippen LogP contribution in [0.3, 0.4) is 0 Å². The average Bonchev–Trinajstić information content (AvgIpc) is 3.14. The quantitative estimate of drug-likeness (QED) is 0.901. The molecule has 1 aliphatic heterocycles. The molecule has 0 bridgehead atoms. The van der Waals surface area contributed by atoms with Gasteiger partial charge in [0.05, 0.1) is 6.20 Å². The van der Waals surface area contributed by atoms with Crippen LogP contribution in [-0.4, -0.2) is 39.4 Å². The van der Waals surface area contributed by atoms with Crippen molar-refractivity contribution in [2.24, 2.45) is 13.0 Å². The third kappa shape index (κ3) is 2.84. The van der Waals surface area contributed by atoms with Crippen LogP contribution in [-0.2, 0) is 13.6 Å². The number of nitrogens with zero attached hydrogens (tertiary/aromatic N) is 3. The van der Waals surface area contributed by atoms with Crippen molar-refractivity contribution in [3.63, 3.8) is 0 Å². The van der Waals surface area contributed by atoms with Gasteiger partial charge in [-0.15, -0.1) is 0 Å². The molecule has 1 saturated heterocycles. The Kier molecular flexibility index (Phi) is 3.39. The lowest BCUT2D eigenvalue weighted by atomic mass is 9.95. The standard InChI is InChI=1S/C15H26N4/c1-12-6-7-16-15(2,14-4-5-14)11-19(12)10-13-8-17-18(3)9-13/h8-9,12,14,16H,4-7,10-11H2,1-3H3. The maximum absolute atomic E-state index is 4.29. The van der Waals surface area contributed by atoms with Gasteiger partial charge in [0.25, 0.3) is 0 Å². The Hall–Kier alpha value is -0.870. The summed E-state index contributed by atoms with van der Waals surface area (Å²) in [6.45, 7) is 8.11. The first-order chi connectivity index (χ1) is 9.07. The second kappa shape index (κ2) is 4.91. The molecule has 1 aromatic heterocycles. The molecule has 1 aromatic rings. The summed E-state index contributed by atoms with van der Waals surface area (Å²) in [4.78, 5) is 2.63. The molecule has 2 heterocycles. The molecule has 3 rings (SSSR count). The lowest BCUT2D eigenvalue weighted by molar-refractivity contribution is 0.155. The summed E-state index contributed by atoms with van der Waals surface area (Å²) >= 11 is 0. The number of aryl methyl sites for hydroxylation is 1. The summed E-state index contributed by atoms with van der Waals surface area (Å²) in [5.41, 5.74) is 1.64. The van der Waals surface area contributed by atoms with Crippen LogP contribution in [0.5, 0.6) is 0 Å². The highest BCUT2D eigenvalue weighted by Crippen LogP contribution is 2.41. The van der Waals surface area contributed by atoms with Crippen LogP contribution in [0.2, 0.25) is 0 Å². The van der Waals surface area contributed by atoms with Crippen molar-refractivity contribution < 1.29 is 0 Å². The van der Waals surface area contributed by atoms with Gasteiger partial charge in [-0.25, -0.2) is 0 Å². The van der Waals surface area contributed by atoms with Gasteiger partial charge in [-0.1, -0.05) is 0 Å². The topological polar surface area (TPSA) is 33.1 Å². The van der Waals surface area contributed by atoms with Crippen molar-refractivity contribution in [3.8, 4) is 0 Å². The number of rotatable bonds is 3. The summed E-state index contributed by atoms with van der Waals surface area (Å²) < 4.78 is 1.90. The van der Waals surface area contributed by atoms with Gasteiger partial charge in [0.1, 0.15) is 0 Å². The van der Waals surface area contributed by atoms with E-state index < -0.39 is 0 Å². The van der Waals surface area contributed by atoms with Crippen molar-refractivity contribution >= 4 is 0 Å². The minimum Gasteiger partial charge on any atom is -0.310 e. The molecule has 106 valence electrons. The Bertz CT molecular complexity index is 437. The SMILES string of the molecule is CC1CCNC(C)(C2CC2)CN1Cc1cnn(C)c1. The van der Waals surface area contributed by atoms with E-state index in [0.29, 0.717) is 11.6 Å². The number of hydrogen-bond acceptors (Lipinski definition) is 3. The zero-order chi connectivity index (χ0) is 13.5. The van der Waals surface area contributed by atoms with E-state index in [9.17, 15) is 0 Å². The molecule has 0 spiro atoms. The van der Waals surface area contributed by atoms with Crippen molar-refractivity contribution in [1.29, 1.82) is 0 Å². The minimum absolute atomic E-state index is 0.312. The summed E-state index contributed by atoms with van der Waals surface area (Å²) in [7, 11) is 1.99. The molecule has 2 fully saturated rings. The van der Waals surface area contributed by atoms with Gasteiger partial charge in [0, 0.05) is 43.5 Å². The zero-order valence-corrected chi connectivity index (χ0v) is 12.4. The first kappa shape index (κ1) is 13.1. The molecule has 0 radical (unpaired) electrons. The molecule has 2 atom stereocenters. The number of nitrogens with one attached hydrogen (secondary N) is 1. The second-order valence-electron chi connectivity index (χ2n) is 6.68. The third-order valence-electron chi connectivity index (χ3n) is 4.87. The van der Waals surface area contributed by atoms with Gasteiger partial charge >= 0.3 is 0 Å². The van der Waals surface area contributed by atoms with Gasteiger partial charge in [-0.2, -0.15) is 5.10 Å². The molecular weight excluding hydrogens is 236 g/mol. The minimum atomic E-state index is 0.312. The van der Waals surface area contributed by atoms with E-state index in [1.165, 1.54) is 24.8 Å². The highest BCUT2D eigenvalue weighted by Gasteiger charge is 2.43. The van der Waals surface area contributed by atoms with Gasteiger partial charge in [0.15, 0.2) is 0 Å². The molecule has 1 saturated carbocycles. The fourth-order valence-electron chi connectivity index (χ4n) is 3.38. The number of aromatic nitrogens is 2. The van der Waals surface area contributed by atoms with Gasteiger partial charge in [-0.05, 0) is 45.6 Å². The normalized spacial score (nSPS) is 33.3. The van der Waals surface area contributed by atoms with Crippen molar-refractivity contribution in [2.45, 2.75) is 51.2 Å². The fourth-order valence-corrected chi connectivity index (χ4v) is 3.38. The molecule has 1 N–H and O–H groups in total. The number of hydrogen-bond donors (Lipinski definition) is 1. The first-order valence-electron chi connectivity index (χ1n) is 7.53. The lowest BCUT2D eigenvalue weighted by Crippen LogP contribution is -2.51. The van der Waals surface area contributed by atoms with Crippen molar-refractivity contribution in [2.75, 3.05) is 13.1 Å². The van der Waals surface area contributed by atoms with Crippen LogP contribution < -0.4 is 5.32 Å². The van der Waals surface area contributed by atoms with Crippen molar-refractivity contribution in [1.82, 2.24) is 20.0 Å². The third-order valence-corrected chi connectivity index (χ3v) is 4.87. The molecule has 0 aromatic carbocycles. The first-order valence-corrected chi connectivity index (χ1v) is 7.53. The highest BCUT2D eigenvalue weighted by atomic mass is 15.3. The Morgan fingerprint density at radius 2 is 2.21 bits per heavy atom. The van der Waals surface area contributed by atoms with Crippen LogP contribution in [0, 0.1) is 5.92 Å². The van der Waals surface area contributed by atoms with E-state index >= 15 is 0 Å². The van der Waals surface area contributed by atoms with Crippen LogP contribution in [0.15, 0.2) is 12.4 Å². The van der Waals surface area contributed by atoms with Crippen LogP contribution in [0.1, 0.15) is 38.7 Å².